The molecule has 0 unspecified atom stereocenters. The second-order valence-electron chi connectivity index (χ2n) is 4.96. The first kappa shape index (κ1) is 10.3. The molecule has 0 saturated heterocycles. The molecule has 0 radical (unpaired) electrons. The van der Waals surface area contributed by atoms with Crippen LogP contribution in [0.25, 0.3) is 0 Å². The highest BCUT2D eigenvalue weighted by molar-refractivity contribution is 5.45. The van der Waals surface area contributed by atoms with E-state index in [1.807, 2.05) is 18.2 Å². The van der Waals surface area contributed by atoms with Crippen LogP contribution >= 0.6 is 0 Å². The lowest BCUT2D eigenvalue weighted by molar-refractivity contribution is 0.174. The number of benzene rings is 1. The van der Waals surface area contributed by atoms with Crippen LogP contribution in [0.3, 0.4) is 0 Å². The summed E-state index contributed by atoms with van der Waals surface area (Å²) in [4.78, 5) is 0. The summed E-state index contributed by atoms with van der Waals surface area (Å²) in [5.74, 6) is 1.60. The van der Waals surface area contributed by atoms with Crippen molar-refractivity contribution in [2.75, 3.05) is 6.79 Å². The molecular weight excluding hydrogens is 190 g/mol. The third-order valence-corrected chi connectivity index (χ3v) is 2.69. The van der Waals surface area contributed by atoms with Gasteiger partial charge >= 0.3 is 0 Å². The van der Waals surface area contributed by atoms with Gasteiger partial charge in [-0.2, -0.15) is 0 Å². The van der Waals surface area contributed by atoms with Crippen molar-refractivity contribution in [1.82, 2.24) is 0 Å². The lowest BCUT2D eigenvalue weighted by atomic mass is 9.83. The standard InChI is InChI=1S/C12H17NO2/c1-12(2,3)11(13)8-4-5-9-10(6-8)15-7-14-9/h4-6,11H,7,13H2,1-3H3/t11-/m1/s1. The van der Waals surface area contributed by atoms with Gasteiger partial charge in [0.2, 0.25) is 6.79 Å². The van der Waals surface area contributed by atoms with Crippen LogP contribution in [0.4, 0.5) is 0 Å². The third-order valence-electron chi connectivity index (χ3n) is 2.69. The quantitative estimate of drug-likeness (QED) is 0.769. The molecule has 1 aromatic rings. The maximum atomic E-state index is 6.17. The molecule has 2 rings (SSSR count). The smallest absolute Gasteiger partial charge is 0.231 e. The maximum absolute atomic E-state index is 6.17. The van der Waals surface area contributed by atoms with Gasteiger partial charge in [-0.1, -0.05) is 26.8 Å². The minimum atomic E-state index is 0.00648. The molecule has 1 aromatic carbocycles. The van der Waals surface area contributed by atoms with Gasteiger partial charge in [-0.05, 0) is 23.1 Å². The zero-order valence-corrected chi connectivity index (χ0v) is 9.41. The van der Waals surface area contributed by atoms with Gasteiger partial charge in [0.15, 0.2) is 11.5 Å². The molecule has 3 nitrogen and oxygen atoms in total. The van der Waals surface area contributed by atoms with Gasteiger partial charge in [0.25, 0.3) is 0 Å². The minimum absolute atomic E-state index is 0.00648. The predicted octanol–water partition coefficient (Wildman–Crippen LogP) is 2.46. The van der Waals surface area contributed by atoms with E-state index in [1.54, 1.807) is 0 Å². The minimum Gasteiger partial charge on any atom is -0.454 e. The Morgan fingerprint density at radius 2 is 1.87 bits per heavy atom. The Morgan fingerprint density at radius 1 is 1.20 bits per heavy atom. The molecule has 1 atom stereocenters. The fourth-order valence-electron chi connectivity index (χ4n) is 1.61. The Bertz CT molecular complexity index is 368. The van der Waals surface area contributed by atoms with Gasteiger partial charge < -0.3 is 15.2 Å². The van der Waals surface area contributed by atoms with Crippen molar-refractivity contribution >= 4 is 0 Å². The highest BCUT2D eigenvalue weighted by Crippen LogP contribution is 2.37. The Balaban J connectivity index is 2.31. The fourth-order valence-corrected chi connectivity index (χ4v) is 1.61. The van der Waals surface area contributed by atoms with Crippen molar-refractivity contribution in [3.8, 4) is 11.5 Å². The van der Waals surface area contributed by atoms with Crippen molar-refractivity contribution in [3.05, 3.63) is 23.8 Å². The number of rotatable bonds is 1. The molecule has 0 aliphatic carbocycles. The molecule has 0 aromatic heterocycles. The van der Waals surface area contributed by atoms with E-state index in [0.29, 0.717) is 6.79 Å². The Hall–Kier alpha value is -1.22. The van der Waals surface area contributed by atoms with Crippen molar-refractivity contribution in [2.45, 2.75) is 26.8 Å². The van der Waals surface area contributed by atoms with E-state index in [0.717, 1.165) is 17.1 Å². The summed E-state index contributed by atoms with van der Waals surface area (Å²) in [6.07, 6.45) is 0. The fraction of sp³-hybridized carbons (Fsp3) is 0.500. The summed E-state index contributed by atoms with van der Waals surface area (Å²) in [5, 5.41) is 0. The number of nitrogens with two attached hydrogens (primary N) is 1. The summed E-state index contributed by atoms with van der Waals surface area (Å²) in [7, 11) is 0. The van der Waals surface area contributed by atoms with E-state index in [4.69, 9.17) is 15.2 Å². The third kappa shape index (κ3) is 1.92. The second kappa shape index (κ2) is 3.42. The predicted molar refractivity (Wildman–Crippen MR) is 58.9 cm³/mol. The lowest BCUT2D eigenvalue weighted by Gasteiger charge is -2.27. The van der Waals surface area contributed by atoms with Crippen molar-refractivity contribution in [2.24, 2.45) is 11.1 Å². The van der Waals surface area contributed by atoms with Gasteiger partial charge in [0.1, 0.15) is 0 Å². The van der Waals surface area contributed by atoms with Gasteiger partial charge in [0.05, 0.1) is 0 Å². The number of fused-ring (bicyclic) bond motifs is 1. The summed E-state index contributed by atoms with van der Waals surface area (Å²) in [6.45, 7) is 6.69. The zero-order chi connectivity index (χ0) is 11.1. The molecule has 1 aliphatic rings. The molecule has 0 spiro atoms. The largest absolute Gasteiger partial charge is 0.454 e. The molecule has 82 valence electrons. The van der Waals surface area contributed by atoms with Gasteiger partial charge in [-0.3, -0.25) is 0 Å². The highest BCUT2D eigenvalue weighted by Gasteiger charge is 2.24. The van der Waals surface area contributed by atoms with Crippen LogP contribution in [0.1, 0.15) is 32.4 Å². The van der Waals surface area contributed by atoms with E-state index in [9.17, 15) is 0 Å². The molecular formula is C12H17NO2. The van der Waals surface area contributed by atoms with Crippen LogP contribution < -0.4 is 15.2 Å². The first-order valence-corrected chi connectivity index (χ1v) is 5.13. The molecule has 3 heteroatoms. The zero-order valence-electron chi connectivity index (χ0n) is 9.41. The summed E-state index contributed by atoms with van der Waals surface area (Å²) >= 11 is 0. The van der Waals surface area contributed by atoms with E-state index >= 15 is 0 Å². The maximum Gasteiger partial charge on any atom is 0.231 e. The molecule has 0 amide bonds. The van der Waals surface area contributed by atoms with Crippen molar-refractivity contribution in [1.29, 1.82) is 0 Å². The Kier molecular flexibility index (Phi) is 2.35. The normalized spacial score (nSPS) is 16.5. The van der Waals surface area contributed by atoms with E-state index < -0.39 is 0 Å². The number of hydrogen-bond acceptors (Lipinski definition) is 3. The first-order valence-electron chi connectivity index (χ1n) is 5.13. The highest BCUT2D eigenvalue weighted by atomic mass is 16.7. The van der Waals surface area contributed by atoms with E-state index in [-0.39, 0.29) is 11.5 Å². The summed E-state index contributed by atoms with van der Waals surface area (Å²) in [6, 6.07) is 5.90. The second-order valence-corrected chi connectivity index (χ2v) is 4.96. The van der Waals surface area contributed by atoms with Gasteiger partial charge in [-0.25, -0.2) is 0 Å². The van der Waals surface area contributed by atoms with Crippen molar-refractivity contribution < 1.29 is 9.47 Å². The van der Waals surface area contributed by atoms with Crippen LogP contribution in [-0.2, 0) is 0 Å². The monoisotopic (exact) mass is 207 g/mol. The van der Waals surface area contributed by atoms with Crippen LogP contribution in [-0.4, -0.2) is 6.79 Å². The van der Waals surface area contributed by atoms with Crippen LogP contribution in [0.5, 0.6) is 11.5 Å². The molecule has 1 heterocycles. The average molecular weight is 207 g/mol. The summed E-state index contributed by atoms with van der Waals surface area (Å²) < 4.78 is 10.6. The summed E-state index contributed by atoms with van der Waals surface area (Å²) in [5.41, 5.74) is 7.31. The molecule has 2 N–H and O–H groups in total. The SMILES string of the molecule is CC(C)(C)[C@H](N)c1ccc2c(c1)OCO2. The van der Waals surface area contributed by atoms with E-state index in [1.165, 1.54) is 0 Å². The Labute approximate surface area is 90.2 Å². The molecule has 0 fully saturated rings. The van der Waals surface area contributed by atoms with Crippen molar-refractivity contribution in [3.63, 3.8) is 0 Å². The first-order chi connectivity index (χ1) is 6.98. The number of ether oxygens (including phenoxy) is 2. The Morgan fingerprint density at radius 3 is 2.53 bits per heavy atom. The van der Waals surface area contributed by atoms with Gasteiger partial charge in [-0.15, -0.1) is 0 Å². The molecule has 15 heavy (non-hydrogen) atoms. The van der Waals surface area contributed by atoms with E-state index in [2.05, 4.69) is 20.8 Å². The topological polar surface area (TPSA) is 44.5 Å². The lowest BCUT2D eigenvalue weighted by Crippen LogP contribution is -2.26. The van der Waals surface area contributed by atoms with Gasteiger partial charge in [0, 0.05) is 6.04 Å². The van der Waals surface area contributed by atoms with Crippen LogP contribution in [0.15, 0.2) is 18.2 Å². The molecule has 0 bridgehead atoms. The van der Waals surface area contributed by atoms with Crippen LogP contribution in [0, 0.1) is 5.41 Å². The number of hydrogen-bond donors (Lipinski definition) is 1. The molecule has 1 aliphatic heterocycles. The average Bonchev–Trinajstić information content (AvgIpc) is 2.61. The van der Waals surface area contributed by atoms with Crippen LogP contribution in [0.2, 0.25) is 0 Å². The molecule has 0 saturated carbocycles.